The largest absolute Gasteiger partial charge is 0.476 e. The highest BCUT2D eigenvalue weighted by Crippen LogP contribution is 2.19. The van der Waals surface area contributed by atoms with Gasteiger partial charge in [-0.15, -0.1) is 0 Å². The first-order valence-corrected chi connectivity index (χ1v) is 5.36. The van der Waals surface area contributed by atoms with Crippen molar-refractivity contribution in [1.29, 1.82) is 0 Å². The molecule has 0 aliphatic rings. The molecule has 1 rings (SSSR count). The zero-order valence-corrected chi connectivity index (χ0v) is 9.62. The van der Waals surface area contributed by atoms with Crippen molar-refractivity contribution in [2.24, 2.45) is 0 Å². The van der Waals surface area contributed by atoms with Crippen LogP contribution in [-0.4, -0.2) is 30.6 Å². The molecule has 0 fully saturated rings. The molecular weight excluding hydrogens is 206 g/mol. The van der Waals surface area contributed by atoms with Gasteiger partial charge in [0.25, 0.3) is 0 Å². The predicted octanol–water partition coefficient (Wildman–Crippen LogP) is 1.03. The van der Waals surface area contributed by atoms with E-state index in [1.54, 1.807) is 18.3 Å². The monoisotopic (exact) mass is 223 g/mol. The number of anilines is 1. The molecule has 0 aliphatic heterocycles. The average Bonchev–Trinajstić information content (AvgIpc) is 2.29. The summed E-state index contributed by atoms with van der Waals surface area (Å²) in [6.07, 6.45) is 1.63. The number of pyridine rings is 1. The number of nitrogens with one attached hydrogen (secondary N) is 2. The Bertz CT molecular complexity index is 342. The quantitative estimate of drug-likeness (QED) is 0.756. The van der Waals surface area contributed by atoms with Crippen LogP contribution < -0.4 is 15.4 Å². The van der Waals surface area contributed by atoms with E-state index in [1.807, 2.05) is 13.8 Å². The van der Waals surface area contributed by atoms with Crippen LogP contribution in [0.25, 0.3) is 0 Å². The number of likely N-dealkylation sites (N-methyl/N-ethyl adjacent to an activating group) is 1. The molecule has 2 N–H and O–H groups in total. The number of hydrogen-bond donors (Lipinski definition) is 2. The molecule has 1 aromatic heterocycles. The normalized spacial score (nSPS) is 9.88. The van der Waals surface area contributed by atoms with Gasteiger partial charge in [-0.3, -0.25) is 4.79 Å². The van der Waals surface area contributed by atoms with Gasteiger partial charge in [0, 0.05) is 6.20 Å². The van der Waals surface area contributed by atoms with Crippen LogP contribution in [0.15, 0.2) is 18.3 Å². The Morgan fingerprint density at radius 3 is 3.00 bits per heavy atom. The summed E-state index contributed by atoms with van der Waals surface area (Å²) in [4.78, 5) is 15.5. The van der Waals surface area contributed by atoms with Crippen LogP contribution in [0.5, 0.6) is 5.88 Å². The molecule has 16 heavy (non-hydrogen) atoms. The molecule has 0 unspecified atom stereocenters. The SMILES string of the molecule is CCNCC(=O)Nc1cccnc1OCC. The molecule has 0 aliphatic carbocycles. The minimum absolute atomic E-state index is 0.101. The van der Waals surface area contributed by atoms with Crippen molar-refractivity contribution in [1.82, 2.24) is 10.3 Å². The second-order valence-corrected chi connectivity index (χ2v) is 3.12. The van der Waals surface area contributed by atoms with E-state index >= 15 is 0 Å². The van der Waals surface area contributed by atoms with Gasteiger partial charge in [-0.05, 0) is 25.6 Å². The summed E-state index contributed by atoms with van der Waals surface area (Å²) in [5, 5.41) is 5.69. The second-order valence-electron chi connectivity index (χ2n) is 3.12. The van der Waals surface area contributed by atoms with Gasteiger partial charge in [-0.25, -0.2) is 4.98 Å². The smallest absolute Gasteiger partial charge is 0.238 e. The Morgan fingerprint density at radius 2 is 2.31 bits per heavy atom. The minimum Gasteiger partial charge on any atom is -0.476 e. The average molecular weight is 223 g/mol. The minimum atomic E-state index is -0.101. The molecule has 0 saturated heterocycles. The van der Waals surface area contributed by atoms with E-state index in [0.717, 1.165) is 6.54 Å². The van der Waals surface area contributed by atoms with E-state index in [-0.39, 0.29) is 12.5 Å². The zero-order valence-electron chi connectivity index (χ0n) is 9.62. The molecule has 1 amide bonds. The standard InChI is InChI=1S/C11H17N3O2/c1-3-12-8-10(15)14-9-6-5-7-13-11(9)16-4-2/h5-7,12H,3-4,8H2,1-2H3,(H,14,15). The van der Waals surface area contributed by atoms with E-state index < -0.39 is 0 Å². The summed E-state index contributed by atoms with van der Waals surface area (Å²) in [5.41, 5.74) is 0.604. The molecule has 1 heterocycles. The van der Waals surface area contributed by atoms with E-state index in [2.05, 4.69) is 15.6 Å². The molecule has 88 valence electrons. The molecule has 1 aromatic rings. The van der Waals surface area contributed by atoms with Crippen molar-refractivity contribution in [2.75, 3.05) is 25.0 Å². The van der Waals surface area contributed by atoms with Crippen LogP contribution in [0.1, 0.15) is 13.8 Å². The fourth-order valence-electron chi connectivity index (χ4n) is 1.17. The first-order valence-electron chi connectivity index (χ1n) is 5.36. The van der Waals surface area contributed by atoms with Crippen LogP contribution in [0.3, 0.4) is 0 Å². The number of amides is 1. The Labute approximate surface area is 95.2 Å². The number of carbonyl (C=O) groups excluding carboxylic acids is 1. The molecule has 0 spiro atoms. The first kappa shape index (κ1) is 12.4. The fraction of sp³-hybridized carbons (Fsp3) is 0.455. The third-order valence-electron chi connectivity index (χ3n) is 1.86. The summed E-state index contributed by atoms with van der Waals surface area (Å²) >= 11 is 0. The Hall–Kier alpha value is -1.62. The lowest BCUT2D eigenvalue weighted by molar-refractivity contribution is -0.115. The van der Waals surface area contributed by atoms with Crippen LogP contribution in [-0.2, 0) is 4.79 Å². The van der Waals surface area contributed by atoms with Crippen LogP contribution in [0.2, 0.25) is 0 Å². The number of aromatic nitrogens is 1. The van der Waals surface area contributed by atoms with Crippen LogP contribution >= 0.6 is 0 Å². The van der Waals surface area contributed by atoms with E-state index in [9.17, 15) is 4.79 Å². The molecule has 5 nitrogen and oxygen atoms in total. The molecule has 0 saturated carbocycles. The number of nitrogens with zero attached hydrogens (tertiary/aromatic N) is 1. The lowest BCUT2D eigenvalue weighted by Crippen LogP contribution is -2.28. The van der Waals surface area contributed by atoms with E-state index in [4.69, 9.17) is 4.74 Å². The van der Waals surface area contributed by atoms with Crippen LogP contribution in [0, 0.1) is 0 Å². The Balaban J connectivity index is 2.61. The zero-order chi connectivity index (χ0) is 11.8. The van der Waals surface area contributed by atoms with Gasteiger partial charge in [-0.2, -0.15) is 0 Å². The molecule has 0 atom stereocenters. The Kier molecular flexibility index (Phi) is 5.28. The maximum Gasteiger partial charge on any atom is 0.238 e. The van der Waals surface area contributed by atoms with Gasteiger partial charge in [0.05, 0.1) is 13.2 Å². The molecule has 0 radical (unpaired) electrons. The maximum absolute atomic E-state index is 11.5. The summed E-state index contributed by atoms with van der Waals surface area (Å²) in [6, 6.07) is 3.52. The van der Waals surface area contributed by atoms with Crippen molar-refractivity contribution in [3.8, 4) is 5.88 Å². The number of rotatable bonds is 6. The number of hydrogen-bond acceptors (Lipinski definition) is 4. The number of carbonyl (C=O) groups is 1. The van der Waals surface area contributed by atoms with Crippen molar-refractivity contribution in [2.45, 2.75) is 13.8 Å². The molecule has 0 bridgehead atoms. The van der Waals surface area contributed by atoms with Gasteiger partial charge < -0.3 is 15.4 Å². The highest BCUT2D eigenvalue weighted by Gasteiger charge is 2.07. The highest BCUT2D eigenvalue weighted by atomic mass is 16.5. The van der Waals surface area contributed by atoms with E-state index in [1.165, 1.54) is 0 Å². The van der Waals surface area contributed by atoms with Crippen molar-refractivity contribution in [3.63, 3.8) is 0 Å². The highest BCUT2D eigenvalue weighted by molar-refractivity contribution is 5.93. The summed E-state index contributed by atoms with van der Waals surface area (Å²) < 4.78 is 5.30. The Morgan fingerprint density at radius 1 is 1.50 bits per heavy atom. The predicted molar refractivity (Wildman–Crippen MR) is 62.6 cm³/mol. The van der Waals surface area contributed by atoms with Gasteiger partial charge in [0.15, 0.2) is 0 Å². The lowest BCUT2D eigenvalue weighted by atomic mass is 10.4. The summed E-state index contributed by atoms with van der Waals surface area (Å²) in [7, 11) is 0. The van der Waals surface area contributed by atoms with Crippen molar-refractivity contribution >= 4 is 11.6 Å². The molecule has 5 heteroatoms. The van der Waals surface area contributed by atoms with Gasteiger partial charge in [-0.1, -0.05) is 6.92 Å². The fourth-order valence-corrected chi connectivity index (χ4v) is 1.17. The van der Waals surface area contributed by atoms with Crippen LogP contribution in [0.4, 0.5) is 5.69 Å². The lowest BCUT2D eigenvalue weighted by Gasteiger charge is -2.09. The van der Waals surface area contributed by atoms with Crippen molar-refractivity contribution < 1.29 is 9.53 Å². The second kappa shape index (κ2) is 6.79. The van der Waals surface area contributed by atoms with Gasteiger partial charge in [0.2, 0.25) is 11.8 Å². The summed E-state index contributed by atoms with van der Waals surface area (Å²) in [5.74, 6) is 0.352. The topological polar surface area (TPSA) is 63.2 Å². The third-order valence-corrected chi connectivity index (χ3v) is 1.86. The number of ether oxygens (including phenoxy) is 1. The molecule has 0 aromatic carbocycles. The van der Waals surface area contributed by atoms with Crippen molar-refractivity contribution in [3.05, 3.63) is 18.3 Å². The molecular formula is C11H17N3O2. The summed E-state index contributed by atoms with van der Waals surface area (Å²) in [6.45, 7) is 5.39. The third kappa shape index (κ3) is 3.86. The van der Waals surface area contributed by atoms with E-state index in [0.29, 0.717) is 18.2 Å². The first-order chi connectivity index (χ1) is 7.77. The maximum atomic E-state index is 11.5. The van der Waals surface area contributed by atoms with Gasteiger partial charge >= 0.3 is 0 Å². The van der Waals surface area contributed by atoms with Gasteiger partial charge in [0.1, 0.15) is 5.69 Å².